The average molecular weight is 459 g/mol. The molecule has 8 nitrogen and oxygen atoms in total. The van der Waals surface area contributed by atoms with Crippen LogP contribution in [0.15, 0.2) is 18.2 Å². The largest absolute Gasteiger partial charge is 0.466 e. The fourth-order valence-electron chi connectivity index (χ4n) is 5.95. The zero-order valence-corrected chi connectivity index (χ0v) is 20.0. The van der Waals surface area contributed by atoms with Crippen molar-refractivity contribution < 1.29 is 29.0 Å². The van der Waals surface area contributed by atoms with Crippen molar-refractivity contribution in [1.82, 2.24) is 4.90 Å². The highest BCUT2D eigenvalue weighted by Crippen LogP contribution is 2.59. The first-order valence-electron chi connectivity index (χ1n) is 11.8. The summed E-state index contributed by atoms with van der Waals surface area (Å²) in [5.74, 6) is -2.75. The monoisotopic (exact) mass is 458 g/mol. The molecule has 0 aliphatic carbocycles. The molecule has 3 aliphatic heterocycles. The van der Waals surface area contributed by atoms with Crippen LogP contribution in [0.5, 0.6) is 0 Å². The zero-order valence-electron chi connectivity index (χ0n) is 20.0. The van der Waals surface area contributed by atoms with Gasteiger partial charge in [-0.3, -0.25) is 14.4 Å². The van der Waals surface area contributed by atoms with Gasteiger partial charge in [-0.15, -0.1) is 0 Å². The van der Waals surface area contributed by atoms with E-state index in [4.69, 9.17) is 9.47 Å². The van der Waals surface area contributed by atoms with E-state index in [1.807, 2.05) is 45.9 Å². The Morgan fingerprint density at radius 3 is 2.70 bits per heavy atom. The third kappa shape index (κ3) is 3.64. The van der Waals surface area contributed by atoms with Gasteiger partial charge in [-0.2, -0.15) is 0 Å². The van der Waals surface area contributed by atoms with Crippen LogP contribution in [0.4, 0.5) is 5.69 Å². The molecule has 0 radical (unpaired) electrons. The number of aliphatic hydroxyl groups is 1. The number of aryl methyl sites for hydroxylation is 2. The number of rotatable bonds is 7. The minimum atomic E-state index is -1.11. The Hall–Kier alpha value is -2.45. The summed E-state index contributed by atoms with van der Waals surface area (Å²) >= 11 is 0. The van der Waals surface area contributed by atoms with Crippen LogP contribution in [0.25, 0.3) is 0 Å². The number of amides is 2. The topological polar surface area (TPSA) is 105 Å². The predicted octanol–water partition coefficient (Wildman–Crippen LogP) is 2.20. The number of aliphatic hydroxyl groups excluding tert-OH is 1. The van der Waals surface area contributed by atoms with Crippen molar-refractivity contribution in [1.29, 1.82) is 0 Å². The number of hydrogen-bond acceptors (Lipinski definition) is 6. The molecule has 6 atom stereocenters. The molecule has 33 heavy (non-hydrogen) atoms. The van der Waals surface area contributed by atoms with Crippen LogP contribution < -0.4 is 5.32 Å². The number of carbonyl (C=O) groups is 3. The molecule has 2 unspecified atom stereocenters. The van der Waals surface area contributed by atoms with E-state index in [-0.39, 0.29) is 30.9 Å². The second-order valence-corrected chi connectivity index (χ2v) is 9.86. The van der Waals surface area contributed by atoms with E-state index in [1.54, 1.807) is 6.92 Å². The van der Waals surface area contributed by atoms with Gasteiger partial charge < -0.3 is 24.8 Å². The molecule has 3 aliphatic rings. The van der Waals surface area contributed by atoms with Crippen molar-refractivity contribution in [3.63, 3.8) is 0 Å². The summed E-state index contributed by atoms with van der Waals surface area (Å²) in [6, 6.07) is 4.28. The smallest absolute Gasteiger partial charge is 0.312 e. The van der Waals surface area contributed by atoms with Gasteiger partial charge >= 0.3 is 5.97 Å². The summed E-state index contributed by atoms with van der Waals surface area (Å²) in [6.45, 7) is 9.32. The highest BCUT2D eigenvalue weighted by molar-refractivity contribution is 6.03. The second-order valence-electron chi connectivity index (χ2n) is 9.86. The van der Waals surface area contributed by atoms with Crippen LogP contribution in [0.2, 0.25) is 0 Å². The molecule has 1 aromatic rings. The molecule has 180 valence electrons. The lowest BCUT2D eigenvalue weighted by molar-refractivity contribution is -0.155. The first-order valence-corrected chi connectivity index (χ1v) is 11.8. The maximum atomic E-state index is 13.8. The Bertz CT molecular complexity index is 962. The molecular weight excluding hydrogens is 424 g/mol. The number of ether oxygens (including phenoxy) is 2. The molecular formula is C25H34N2O6. The lowest BCUT2D eigenvalue weighted by Gasteiger charge is -2.38. The molecule has 1 aromatic carbocycles. The van der Waals surface area contributed by atoms with Crippen LogP contribution in [0.3, 0.4) is 0 Å². The third-order valence-corrected chi connectivity index (χ3v) is 7.51. The number of likely N-dealkylation sites (tertiary alicyclic amines) is 1. The van der Waals surface area contributed by atoms with Gasteiger partial charge in [-0.1, -0.05) is 26.0 Å². The van der Waals surface area contributed by atoms with Gasteiger partial charge in [0.1, 0.15) is 11.6 Å². The minimum Gasteiger partial charge on any atom is -0.466 e. The van der Waals surface area contributed by atoms with Gasteiger partial charge in [-0.05, 0) is 56.7 Å². The zero-order chi connectivity index (χ0) is 24.1. The Kier molecular flexibility index (Phi) is 6.26. The van der Waals surface area contributed by atoms with Crippen LogP contribution in [0.1, 0.15) is 44.7 Å². The molecule has 4 rings (SSSR count). The fourth-order valence-corrected chi connectivity index (χ4v) is 5.95. The van der Waals surface area contributed by atoms with Crippen molar-refractivity contribution in [2.75, 3.05) is 18.5 Å². The SMILES string of the molecule is CCOC(=O)[C@@H]1[C@@H]2CCC3(O2)C(C(=O)Nc2cc(C)ccc2C)N([C@@H](CO)C(C)C)C(=O)[C@H]13. The number of benzene rings is 1. The number of esters is 1. The third-order valence-electron chi connectivity index (χ3n) is 7.51. The molecule has 0 saturated carbocycles. The van der Waals surface area contributed by atoms with E-state index in [1.165, 1.54) is 4.90 Å². The standard InChI is InChI=1S/C25H34N2O6/c1-6-32-24(31)19-18-9-10-25(33-18)20(19)23(30)27(17(12-28)13(2)3)21(25)22(29)26-16-11-14(4)7-8-15(16)5/h7-8,11,13,17-21,28H,6,9-10,12H2,1-5H3,(H,26,29)/t17-,18-,19+,20-,21?,25?/m0/s1. The van der Waals surface area contributed by atoms with E-state index in [0.717, 1.165) is 11.1 Å². The Morgan fingerprint density at radius 1 is 1.33 bits per heavy atom. The number of carbonyl (C=O) groups excluding carboxylic acids is 3. The summed E-state index contributed by atoms with van der Waals surface area (Å²) < 4.78 is 11.6. The van der Waals surface area contributed by atoms with E-state index < -0.39 is 41.6 Å². The molecule has 3 saturated heterocycles. The first kappa shape index (κ1) is 23.7. The first-order chi connectivity index (χ1) is 15.7. The van der Waals surface area contributed by atoms with Gasteiger partial charge in [0.05, 0.1) is 37.2 Å². The highest BCUT2D eigenvalue weighted by Gasteiger charge is 2.75. The van der Waals surface area contributed by atoms with Crippen molar-refractivity contribution in [2.45, 2.75) is 71.2 Å². The lowest BCUT2D eigenvalue weighted by Crippen LogP contribution is -2.57. The molecule has 8 heteroatoms. The van der Waals surface area contributed by atoms with Crippen LogP contribution >= 0.6 is 0 Å². The second kappa shape index (κ2) is 8.72. The van der Waals surface area contributed by atoms with Crippen molar-refractivity contribution >= 4 is 23.5 Å². The average Bonchev–Trinajstić information content (AvgIpc) is 3.39. The van der Waals surface area contributed by atoms with E-state index in [2.05, 4.69) is 5.32 Å². The van der Waals surface area contributed by atoms with Gasteiger partial charge in [0, 0.05) is 5.69 Å². The summed E-state index contributed by atoms with van der Waals surface area (Å²) in [7, 11) is 0. The number of fused-ring (bicyclic) bond motifs is 1. The van der Waals surface area contributed by atoms with Gasteiger partial charge in [0.2, 0.25) is 11.8 Å². The Morgan fingerprint density at radius 2 is 2.06 bits per heavy atom. The van der Waals surface area contributed by atoms with E-state index in [9.17, 15) is 19.5 Å². The Balaban J connectivity index is 1.77. The maximum absolute atomic E-state index is 13.8. The number of anilines is 1. The van der Waals surface area contributed by atoms with Gasteiger partial charge in [0.25, 0.3) is 0 Å². The van der Waals surface area contributed by atoms with E-state index >= 15 is 0 Å². The maximum Gasteiger partial charge on any atom is 0.312 e. The van der Waals surface area contributed by atoms with E-state index in [0.29, 0.717) is 18.5 Å². The quantitative estimate of drug-likeness (QED) is 0.607. The molecule has 2 amide bonds. The fraction of sp³-hybridized carbons (Fsp3) is 0.640. The molecule has 1 spiro atoms. The molecule has 3 heterocycles. The molecule has 3 fully saturated rings. The van der Waals surface area contributed by atoms with Crippen LogP contribution in [-0.2, 0) is 23.9 Å². The molecule has 2 bridgehead atoms. The summed E-state index contributed by atoms with van der Waals surface area (Å²) in [6.07, 6.45) is 0.643. The predicted molar refractivity (Wildman–Crippen MR) is 121 cm³/mol. The van der Waals surface area contributed by atoms with Crippen molar-refractivity contribution in [3.8, 4) is 0 Å². The van der Waals surface area contributed by atoms with Gasteiger partial charge in [-0.25, -0.2) is 0 Å². The van der Waals surface area contributed by atoms with Crippen molar-refractivity contribution in [2.24, 2.45) is 17.8 Å². The highest BCUT2D eigenvalue weighted by atomic mass is 16.6. The number of nitrogens with zero attached hydrogens (tertiary/aromatic N) is 1. The van der Waals surface area contributed by atoms with Gasteiger partial charge in [0.15, 0.2) is 0 Å². The summed E-state index contributed by atoms with van der Waals surface area (Å²) in [5.41, 5.74) is 1.47. The van der Waals surface area contributed by atoms with Crippen molar-refractivity contribution in [3.05, 3.63) is 29.3 Å². The Labute approximate surface area is 194 Å². The molecule has 0 aromatic heterocycles. The summed E-state index contributed by atoms with van der Waals surface area (Å²) in [4.78, 5) is 42.0. The van der Waals surface area contributed by atoms with Crippen LogP contribution in [-0.4, -0.2) is 64.8 Å². The normalized spacial score (nSPS) is 31.1. The van der Waals surface area contributed by atoms with Crippen LogP contribution in [0, 0.1) is 31.6 Å². The number of nitrogens with one attached hydrogen (secondary N) is 1. The summed E-state index contributed by atoms with van der Waals surface area (Å²) in [5, 5.41) is 13.2. The minimum absolute atomic E-state index is 0.0941. The molecule has 2 N–H and O–H groups in total. The number of hydrogen-bond donors (Lipinski definition) is 2. The lowest BCUT2D eigenvalue weighted by atomic mass is 9.70.